The highest BCUT2D eigenvalue weighted by Gasteiger charge is 2.34. The summed E-state index contributed by atoms with van der Waals surface area (Å²) >= 11 is 0. The van der Waals surface area contributed by atoms with E-state index in [4.69, 9.17) is 5.26 Å². The number of hydrogen-bond acceptors (Lipinski definition) is 5. The molecule has 2 atom stereocenters. The monoisotopic (exact) mass is 454 g/mol. The van der Waals surface area contributed by atoms with Gasteiger partial charge in [-0.15, -0.1) is 0 Å². The van der Waals surface area contributed by atoms with Gasteiger partial charge in [0.1, 0.15) is 23.7 Å². The number of aromatic nitrogens is 3. The van der Waals surface area contributed by atoms with Gasteiger partial charge in [-0.05, 0) is 18.9 Å². The maximum absolute atomic E-state index is 14.3. The highest BCUT2D eigenvalue weighted by Crippen LogP contribution is 2.31. The summed E-state index contributed by atoms with van der Waals surface area (Å²) in [4.78, 5) is 17.2. The molecular weight excluding hydrogens is 426 g/mol. The molecule has 4 rings (SSSR count). The first-order valence-electron chi connectivity index (χ1n) is 11.2. The van der Waals surface area contributed by atoms with Crippen LogP contribution in [0.4, 0.5) is 14.5 Å². The van der Waals surface area contributed by atoms with Crippen molar-refractivity contribution in [3.05, 3.63) is 58.0 Å². The van der Waals surface area contributed by atoms with E-state index in [-0.39, 0.29) is 24.2 Å². The van der Waals surface area contributed by atoms with Crippen molar-refractivity contribution < 1.29 is 8.78 Å². The summed E-state index contributed by atoms with van der Waals surface area (Å²) in [5.74, 6) is -1.11. The Morgan fingerprint density at radius 1 is 1.15 bits per heavy atom. The van der Waals surface area contributed by atoms with E-state index in [1.165, 1.54) is 12.1 Å². The van der Waals surface area contributed by atoms with Gasteiger partial charge < -0.3 is 9.47 Å². The molecule has 2 aromatic heterocycles. The van der Waals surface area contributed by atoms with Crippen molar-refractivity contribution in [2.75, 3.05) is 18.0 Å². The van der Waals surface area contributed by atoms with Crippen LogP contribution in [0.2, 0.25) is 0 Å². The molecule has 0 amide bonds. The largest absolute Gasteiger partial charge is 0.364 e. The summed E-state index contributed by atoms with van der Waals surface area (Å²) in [6, 6.07) is 7.66. The summed E-state index contributed by atoms with van der Waals surface area (Å²) in [6.45, 7) is 6.02. The van der Waals surface area contributed by atoms with Crippen molar-refractivity contribution >= 4 is 16.7 Å². The van der Waals surface area contributed by atoms with E-state index in [0.717, 1.165) is 24.6 Å². The first-order chi connectivity index (χ1) is 15.9. The summed E-state index contributed by atoms with van der Waals surface area (Å²) in [6.07, 6.45) is 3.40. The lowest BCUT2D eigenvalue weighted by atomic mass is 10.00. The van der Waals surface area contributed by atoms with Crippen LogP contribution >= 0.6 is 0 Å². The fourth-order valence-corrected chi connectivity index (χ4v) is 4.72. The number of benzene rings is 1. The van der Waals surface area contributed by atoms with Crippen LogP contribution in [0.15, 0.2) is 35.3 Å². The van der Waals surface area contributed by atoms with E-state index in [1.807, 2.05) is 0 Å². The molecule has 3 heterocycles. The highest BCUT2D eigenvalue weighted by atomic mass is 19.1. The van der Waals surface area contributed by atoms with Gasteiger partial charge in [-0.3, -0.25) is 14.4 Å². The van der Waals surface area contributed by atoms with Gasteiger partial charge >= 0.3 is 0 Å². The fourth-order valence-electron chi connectivity index (χ4n) is 4.72. The number of fused-ring (bicyclic) bond motifs is 1. The summed E-state index contributed by atoms with van der Waals surface area (Å²) in [7, 11) is 1.70. The SMILES string of the molecule is CC[C@@H]1CN(c2cc(=O)n(C)c3cn(CC#N)nc23)[C@@H](CC)CN1Cc1ccc(F)cc1F. The van der Waals surface area contributed by atoms with Gasteiger partial charge in [0.2, 0.25) is 0 Å². The summed E-state index contributed by atoms with van der Waals surface area (Å²) in [5, 5.41) is 13.7. The second kappa shape index (κ2) is 9.32. The van der Waals surface area contributed by atoms with E-state index in [2.05, 4.69) is 34.8 Å². The van der Waals surface area contributed by atoms with Crippen LogP contribution in [0, 0.1) is 23.0 Å². The topological polar surface area (TPSA) is 70.1 Å². The second-order valence-corrected chi connectivity index (χ2v) is 8.59. The van der Waals surface area contributed by atoms with E-state index < -0.39 is 11.6 Å². The summed E-state index contributed by atoms with van der Waals surface area (Å²) < 4.78 is 30.8. The van der Waals surface area contributed by atoms with Crippen molar-refractivity contribution in [1.82, 2.24) is 19.2 Å². The highest BCUT2D eigenvalue weighted by molar-refractivity contribution is 5.88. The summed E-state index contributed by atoms with van der Waals surface area (Å²) in [5.41, 5.74) is 2.49. The Balaban J connectivity index is 1.70. The number of nitrogens with zero attached hydrogens (tertiary/aromatic N) is 6. The van der Waals surface area contributed by atoms with Gasteiger partial charge in [-0.1, -0.05) is 19.9 Å². The first kappa shape index (κ1) is 22.9. The van der Waals surface area contributed by atoms with Crippen LogP contribution in [0.5, 0.6) is 0 Å². The lowest BCUT2D eigenvalue weighted by Crippen LogP contribution is -2.58. The minimum absolute atomic E-state index is 0.0905. The van der Waals surface area contributed by atoms with E-state index >= 15 is 0 Å². The third-order valence-electron chi connectivity index (χ3n) is 6.62. The van der Waals surface area contributed by atoms with Crippen LogP contribution in [-0.2, 0) is 20.1 Å². The third kappa shape index (κ3) is 4.35. The molecule has 0 N–H and O–H groups in total. The zero-order valence-corrected chi connectivity index (χ0v) is 19.1. The molecule has 1 aliphatic heterocycles. The Hall–Kier alpha value is -3.25. The third-order valence-corrected chi connectivity index (χ3v) is 6.62. The molecule has 174 valence electrons. The molecule has 9 heteroatoms. The standard InChI is InChI=1S/C24H28F2N6O/c1-4-18-14-32(19(5-2)13-30(18)12-16-6-7-17(25)10-20(16)26)21-11-23(33)29(3)22-15-31(9-8-27)28-24(21)22/h6-7,10-11,15,18-19H,4-5,9,12-14H2,1-3H3/t18-,19+/m1/s1. The molecule has 0 spiro atoms. The molecule has 0 bridgehead atoms. The molecule has 1 aromatic carbocycles. The Morgan fingerprint density at radius 3 is 2.58 bits per heavy atom. The number of halogens is 2. The molecular formula is C24H28F2N6O. The fraction of sp³-hybridized carbons (Fsp3) is 0.458. The van der Waals surface area contributed by atoms with E-state index in [1.54, 1.807) is 28.6 Å². The van der Waals surface area contributed by atoms with Crippen LogP contribution in [0.1, 0.15) is 32.3 Å². The Bertz CT molecular complexity index is 1260. The minimum atomic E-state index is -0.579. The van der Waals surface area contributed by atoms with Crippen molar-refractivity contribution in [1.29, 1.82) is 5.26 Å². The predicted molar refractivity (Wildman–Crippen MR) is 123 cm³/mol. The maximum atomic E-state index is 14.3. The van der Waals surface area contributed by atoms with Crippen LogP contribution in [-0.4, -0.2) is 44.4 Å². The second-order valence-electron chi connectivity index (χ2n) is 8.59. The smallest absolute Gasteiger partial charge is 0.252 e. The van der Waals surface area contributed by atoms with Crippen molar-refractivity contribution in [2.24, 2.45) is 7.05 Å². The molecule has 0 unspecified atom stereocenters. The number of anilines is 1. The van der Waals surface area contributed by atoms with Crippen LogP contribution in [0.25, 0.3) is 11.0 Å². The Morgan fingerprint density at radius 2 is 1.91 bits per heavy atom. The van der Waals surface area contributed by atoms with Gasteiger partial charge in [-0.25, -0.2) is 8.78 Å². The molecule has 0 radical (unpaired) electrons. The van der Waals surface area contributed by atoms with Gasteiger partial charge in [-0.2, -0.15) is 10.4 Å². The lowest BCUT2D eigenvalue weighted by Gasteiger charge is -2.47. The zero-order valence-electron chi connectivity index (χ0n) is 19.1. The number of hydrogen-bond donors (Lipinski definition) is 0. The number of pyridine rings is 1. The average Bonchev–Trinajstić information content (AvgIpc) is 3.22. The molecule has 1 saturated heterocycles. The predicted octanol–water partition coefficient (Wildman–Crippen LogP) is 3.42. The maximum Gasteiger partial charge on any atom is 0.252 e. The molecule has 0 saturated carbocycles. The Labute approximate surface area is 191 Å². The first-order valence-corrected chi connectivity index (χ1v) is 11.2. The number of aryl methyl sites for hydroxylation is 1. The van der Waals surface area contributed by atoms with Crippen molar-refractivity contribution in [3.63, 3.8) is 0 Å². The van der Waals surface area contributed by atoms with Crippen LogP contribution in [0.3, 0.4) is 0 Å². The molecule has 3 aromatic rings. The molecule has 1 aliphatic rings. The Kier molecular flexibility index (Phi) is 6.47. The molecule has 0 aliphatic carbocycles. The quantitative estimate of drug-likeness (QED) is 0.571. The normalized spacial score (nSPS) is 19.2. The number of nitriles is 1. The van der Waals surface area contributed by atoms with Gasteiger partial charge in [0.25, 0.3) is 5.56 Å². The molecule has 1 fully saturated rings. The van der Waals surface area contributed by atoms with Gasteiger partial charge in [0, 0.05) is 56.5 Å². The zero-order chi connectivity index (χ0) is 23.7. The van der Waals surface area contributed by atoms with Gasteiger partial charge in [0.15, 0.2) is 0 Å². The van der Waals surface area contributed by atoms with Crippen molar-refractivity contribution in [2.45, 2.75) is 51.9 Å². The lowest BCUT2D eigenvalue weighted by molar-refractivity contribution is 0.135. The van der Waals surface area contributed by atoms with E-state index in [9.17, 15) is 13.6 Å². The molecule has 7 nitrogen and oxygen atoms in total. The van der Waals surface area contributed by atoms with E-state index in [0.29, 0.717) is 36.2 Å². The average molecular weight is 455 g/mol. The van der Waals surface area contributed by atoms with Crippen LogP contribution < -0.4 is 10.5 Å². The number of piperazine rings is 1. The number of rotatable bonds is 6. The van der Waals surface area contributed by atoms with Crippen molar-refractivity contribution in [3.8, 4) is 6.07 Å². The molecule has 33 heavy (non-hydrogen) atoms. The minimum Gasteiger partial charge on any atom is -0.364 e. The van der Waals surface area contributed by atoms with Gasteiger partial charge in [0.05, 0.1) is 23.5 Å².